The average molecular weight is 271 g/mol. The number of rotatable bonds is 2. The van der Waals surface area contributed by atoms with E-state index < -0.39 is 28.8 Å². The predicted molar refractivity (Wildman–Crippen MR) is 61.2 cm³/mol. The summed E-state index contributed by atoms with van der Waals surface area (Å²) in [5.74, 6) is -5.26. The van der Waals surface area contributed by atoms with E-state index in [1.54, 1.807) is 6.07 Å². The third kappa shape index (κ3) is 2.24. The number of carbonyl (C=O) groups is 1. The van der Waals surface area contributed by atoms with Crippen molar-refractivity contribution < 1.29 is 18.0 Å². The van der Waals surface area contributed by atoms with Gasteiger partial charge in [0.2, 0.25) is 0 Å². The first-order valence-corrected chi connectivity index (χ1v) is 5.32. The monoisotopic (exact) mass is 270 g/mol. The molecule has 5 heteroatoms. The Kier molecular flexibility index (Phi) is 3.39. The van der Waals surface area contributed by atoms with Gasteiger partial charge in [-0.25, -0.2) is 13.2 Å². The Morgan fingerprint density at radius 3 is 2.39 bits per heavy atom. The van der Waals surface area contributed by atoms with Gasteiger partial charge in [-0.2, -0.15) is 0 Å². The van der Waals surface area contributed by atoms with Crippen LogP contribution in [0.2, 0.25) is 5.02 Å². The van der Waals surface area contributed by atoms with E-state index in [4.69, 9.17) is 11.6 Å². The summed E-state index contributed by atoms with van der Waals surface area (Å²) in [6.45, 7) is 0. The van der Waals surface area contributed by atoms with Crippen LogP contribution in [0.25, 0.3) is 0 Å². The topological polar surface area (TPSA) is 17.1 Å². The second kappa shape index (κ2) is 4.82. The van der Waals surface area contributed by atoms with Gasteiger partial charge in [0.15, 0.2) is 23.2 Å². The molecule has 0 atom stereocenters. The number of halogens is 4. The van der Waals surface area contributed by atoms with E-state index >= 15 is 0 Å². The molecule has 0 aliphatic carbocycles. The Morgan fingerprint density at radius 2 is 1.72 bits per heavy atom. The van der Waals surface area contributed by atoms with E-state index in [9.17, 15) is 18.0 Å². The van der Waals surface area contributed by atoms with E-state index in [2.05, 4.69) is 0 Å². The standard InChI is InChI=1S/C13H6ClF3O/c14-8-3-1-2-7(6-8)13(18)9-4-5-10(15)12(17)11(9)16/h1-6H. The molecule has 0 bridgehead atoms. The first kappa shape index (κ1) is 12.6. The lowest BCUT2D eigenvalue weighted by molar-refractivity contribution is 0.103. The molecule has 0 aliphatic rings. The van der Waals surface area contributed by atoms with Crippen molar-refractivity contribution in [1.29, 1.82) is 0 Å². The van der Waals surface area contributed by atoms with Crippen LogP contribution in [0.15, 0.2) is 36.4 Å². The van der Waals surface area contributed by atoms with E-state index in [1.807, 2.05) is 0 Å². The second-order valence-corrected chi connectivity index (χ2v) is 4.00. The maximum absolute atomic E-state index is 13.4. The first-order valence-electron chi connectivity index (χ1n) is 4.94. The molecule has 2 aromatic carbocycles. The average Bonchev–Trinajstić information content (AvgIpc) is 2.35. The zero-order valence-corrected chi connectivity index (χ0v) is 9.64. The molecule has 0 saturated carbocycles. The number of hydrogen-bond acceptors (Lipinski definition) is 1. The van der Waals surface area contributed by atoms with Crippen LogP contribution in [0.4, 0.5) is 13.2 Å². The highest BCUT2D eigenvalue weighted by Crippen LogP contribution is 2.20. The minimum absolute atomic E-state index is 0.104. The molecule has 18 heavy (non-hydrogen) atoms. The number of ketones is 1. The van der Waals surface area contributed by atoms with E-state index in [0.29, 0.717) is 11.1 Å². The van der Waals surface area contributed by atoms with Crippen LogP contribution in [0.5, 0.6) is 0 Å². The van der Waals surface area contributed by atoms with Crippen molar-refractivity contribution in [3.8, 4) is 0 Å². The van der Waals surface area contributed by atoms with Crippen LogP contribution in [0.1, 0.15) is 15.9 Å². The maximum Gasteiger partial charge on any atom is 0.196 e. The molecule has 0 saturated heterocycles. The van der Waals surface area contributed by atoms with Gasteiger partial charge in [0, 0.05) is 10.6 Å². The summed E-state index contributed by atoms with van der Waals surface area (Å²) in [5, 5.41) is 0.295. The third-order valence-electron chi connectivity index (χ3n) is 2.37. The summed E-state index contributed by atoms with van der Waals surface area (Å²) in [6.07, 6.45) is 0. The van der Waals surface area contributed by atoms with E-state index in [0.717, 1.165) is 6.07 Å². The fourth-order valence-corrected chi connectivity index (χ4v) is 1.68. The van der Waals surface area contributed by atoms with Gasteiger partial charge in [0.25, 0.3) is 0 Å². The number of carbonyl (C=O) groups excluding carboxylic acids is 1. The molecule has 0 radical (unpaired) electrons. The highest BCUT2D eigenvalue weighted by molar-refractivity contribution is 6.31. The lowest BCUT2D eigenvalue weighted by Gasteiger charge is -2.04. The van der Waals surface area contributed by atoms with Gasteiger partial charge in [-0.15, -0.1) is 0 Å². The second-order valence-electron chi connectivity index (χ2n) is 3.56. The van der Waals surface area contributed by atoms with Crippen molar-refractivity contribution in [2.24, 2.45) is 0 Å². The van der Waals surface area contributed by atoms with Crippen LogP contribution in [-0.4, -0.2) is 5.78 Å². The van der Waals surface area contributed by atoms with Gasteiger partial charge in [-0.05, 0) is 24.3 Å². The van der Waals surface area contributed by atoms with Gasteiger partial charge < -0.3 is 0 Å². The van der Waals surface area contributed by atoms with Crippen LogP contribution >= 0.6 is 11.6 Å². The molecule has 0 unspecified atom stereocenters. The summed E-state index contributed by atoms with van der Waals surface area (Å²) in [5.41, 5.74) is -0.427. The predicted octanol–water partition coefficient (Wildman–Crippen LogP) is 3.99. The number of benzene rings is 2. The Morgan fingerprint density at radius 1 is 1.00 bits per heavy atom. The van der Waals surface area contributed by atoms with Crippen molar-refractivity contribution >= 4 is 17.4 Å². The van der Waals surface area contributed by atoms with Crippen molar-refractivity contribution in [2.45, 2.75) is 0 Å². The fourth-order valence-electron chi connectivity index (χ4n) is 1.49. The molecule has 2 aromatic rings. The van der Waals surface area contributed by atoms with E-state index in [-0.39, 0.29) is 5.56 Å². The maximum atomic E-state index is 13.4. The van der Waals surface area contributed by atoms with Crippen molar-refractivity contribution in [3.63, 3.8) is 0 Å². The van der Waals surface area contributed by atoms with Crippen LogP contribution in [-0.2, 0) is 0 Å². The molecule has 0 N–H and O–H groups in total. The van der Waals surface area contributed by atoms with Gasteiger partial charge in [0.05, 0.1) is 5.56 Å². The lowest BCUT2D eigenvalue weighted by atomic mass is 10.0. The highest BCUT2D eigenvalue weighted by Gasteiger charge is 2.19. The molecule has 0 amide bonds. The minimum Gasteiger partial charge on any atom is -0.288 e. The van der Waals surface area contributed by atoms with Crippen LogP contribution < -0.4 is 0 Å². The van der Waals surface area contributed by atoms with Crippen molar-refractivity contribution in [3.05, 3.63) is 70.0 Å². The van der Waals surface area contributed by atoms with Crippen molar-refractivity contribution in [1.82, 2.24) is 0 Å². The zero-order chi connectivity index (χ0) is 13.3. The first-order chi connectivity index (χ1) is 8.50. The summed E-state index contributed by atoms with van der Waals surface area (Å²) in [7, 11) is 0. The molecule has 0 fully saturated rings. The smallest absolute Gasteiger partial charge is 0.196 e. The largest absolute Gasteiger partial charge is 0.288 e. The van der Waals surface area contributed by atoms with Crippen LogP contribution in [0.3, 0.4) is 0 Å². The SMILES string of the molecule is O=C(c1cccc(Cl)c1)c1ccc(F)c(F)c1F. The molecule has 1 nitrogen and oxygen atoms in total. The third-order valence-corrected chi connectivity index (χ3v) is 2.60. The lowest BCUT2D eigenvalue weighted by Crippen LogP contribution is -2.07. The highest BCUT2D eigenvalue weighted by atomic mass is 35.5. The summed E-state index contributed by atoms with van der Waals surface area (Å²) < 4.78 is 39.2. The quantitative estimate of drug-likeness (QED) is 0.596. The molecule has 0 heterocycles. The fraction of sp³-hybridized carbons (Fsp3) is 0. The molecule has 0 spiro atoms. The van der Waals surface area contributed by atoms with Gasteiger partial charge in [-0.1, -0.05) is 23.7 Å². The molecular formula is C13H6ClF3O. The van der Waals surface area contributed by atoms with Gasteiger partial charge in [0.1, 0.15) is 0 Å². The summed E-state index contributed by atoms with van der Waals surface area (Å²) in [4.78, 5) is 11.9. The molecule has 2 rings (SSSR count). The molecule has 0 aliphatic heterocycles. The number of hydrogen-bond donors (Lipinski definition) is 0. The Labute approximate surface area is 106 Å². The summed E-state index contributed by atoms with van der Waals surface area (Å²) in [6, 6.07) is 7.39. The molecule has 92 valence electrons. The zero-order valence-electron chi connectivity index (χ0n) is 8.88. The Bertz CT molecular complexity index is 626. The summed E-state index contributed by atoms with van der Waals surface area (Å²) >= 11 is 5.69. The molecule has 0 aromatic heterocycles. The minimum atomic E-state index is -1.66. The Hall–Kier alpha value is -1.81. The van der Waals surface area contributed by atoms with Gasteiger partial charge in [-0.3, -0.25) is 4.79 Å². The molecular weight excluding hydrogens is 265 g/mol. The van der Waals surface area contributed by atoms with E-state index in [1.165, 1.54) is 18.2 Å². The van der Waals surface area contributed by atoms with Crippen LogP contribution in [0, 0.1) is 17.5 Å². The van der Waals surface area contributed by atoms with Crippen molar-refractivity contribution in [2.75, 3.05) is 0 Å². The normalized spacial score (nSPS) is 10.4. The van der Waals surface area contributed by atoms with Gasteiger partial charge >= 0.3 is 0 Å². The Balaban J connectivity index is 2.50.